The molecule has 0 fully saturated rings. The zero-order valence-electron chi connectivity index (χ0n) is 5.09. The second-order valence-corrected chi connectivity index (χ2v) is 2.68. The summed E-state index contributed by atoms with van der Waals surface area (Å²) in [6, 6.07) is 3.95. The van der Waals surface area contributed by atoms with Crippen molar-refractivity contribution in [2.24, 2.45) is 0 Å². The van der Waals surface area contributed by atoms with Gasteiger partial charge < -0.3 is 1.43 Å². The fourth-order valence-corrected chi connectivity index (χ4v) is 0.992. The Morgan fingerprint density at radius 2 is 2.43 bits per heavy atom. The summed E-state index contributed by atoms with van der Waals surface area (Å²) in [5, 5.41) is 2.00. The minimum absolute atomic E-state index is 0. The minimum atomic E-state index is 0. The van der Waals surface area contributed by atoms with Crippen molar-refractivity contribution in [3.05, 3.63) is 17.5 Å². The second-order valence-electron chi connectivity index (χ2n) is 0.951. The van der Waals surface area contributed by atoms with Gasteiger partial charge in [-0.15, -0.1) is 24.0 Å². The normalized spacial score (nSPS) is 7.57. The van der Waals surface area contributed by atoms with E-state index < -0.39 is 0 Å². The summed E-state index contributed by atoms with van der Waals surface area (Å²) in [6.45, 7) is 0. The van der Waals surface area contributed by atoms with Gasteiger partial charge in [0.2, 0.25) is 0 Å². The second kappa shape index (κ2) is 3.63. The Hall–Kier alpha value is 0.647. The van der Waals surface area contributed by atoms with Gasteiger partial charge in [-0.2, -0.15) is 0 Å². The van der Waals surface area contributed by atoms with Gasteiger partial charge in [0.25, 0.3) is 0 Å². The molecule has 1 aromatic rings. The maximum Gasteiger partial charge on any atom is 1.00 e. The molecule has 1 heterocycles. The van der Waals surface area contributed by atoms with E-state index >= 15 is 0 Å². The van der Waals surface area contributed by atoms with Crippen molar-refractivity contribution in [2.45, 2.75) is 4.21 Å². The van der Waals surface area contributed by atoms with Crippen LogP contribution in [0.15, 0.2) is 21.7 Å². The third-order valence-corrected chi connectivity index (χ3v) is 1.64. The molecule has 34 valence electrons. The van der Waals surface area contributed by atoms with Crippen LogP contribution in [0, 0.1) is 0 Å². The summed E-state index contributed by atoms with van der Waals surface area (Å²) >= 11 is 5.70. The Morgan fingerprint density at radius 1 is 1.71 bits per heavy atom. The molecule has 0 radical (unpaired) electrons. The Kier molecular flexibility index (Phi) is 3.96. The molecule has 0 atom stereocenters. The van der Waals surface area contributed by atoms with Gasteiger partial charge in [0.1, 0.15) is 0 Å². The fourth-order valence-electron chi connectivity index (χ4n) is 0.270. The molecular weight excluding hydrogens is 119 g/mol. The van der Waals surface area contributed by atoms with Crippen molar-refractivity contribution in [2.75, 3.05) is 0 Å². The molecule has 3 heteroatoms. The molecule has 0 aliphatic carbocycles. The van der Waals surface area contributed by atoms with Gasteiger partial charge in [-0.3, -0.25) is 0 Å². The molecule has 1 aromatic heterocycles. The minimum Gasteiger partial charge on any atom is -1.00 e. The average molecular weight is 124 g/mol. The van der Waals surface area contributed by atoms with Gasteiger partial charge in [0, 0.05) is 0 Å². The van der Waals surface area contributed by atoms with E-state index in [1.807, 2.05) is 17.5 Å². The fraction of sp³-hybridized carbons (Fsp3) is 0. The Bertz CT molecular complexity index is 118. The summed E-state index contributed by atoms with van der Waals surface area (Å²) in [7, 11) is 0. The van der Waals surface area contributed by atoms with Gasteiger partial charge in [-0.1, -0.05) is 6.07 Å². The van der Waals surface area contributed by atoms with Gasteiger partial charge in [-0.25, -0.2) is 0 Å². The van der Waals surface area contributed by atoms with Crippen molar-refractivity contribution in [3.63, 3.8) is 0 Å². The molecule has 0 bridgehead atoms. The van der Waals surface area contributed by atoms with E-state index in [1.54, 1.807) is 11.3 Å². The SMILES string of the molecule is Sc1cccs1.[H-].[Li+]. The molecule has 0 aliphatic rings. The molecule has 0 nitrogen and oxygen atoms in total. The van der Waals surface area contributed by atoms with Crippen LogP contribution in [0.1, 0.15) is 1.43 Å². The Labute approximate surface area is 66.0 Å². The molecule has 1 rings (SSSR count). The predicted octanol–water partition coefficient (Wildman–Crippen LogP) is -0.847. The van der Waals surface area contributed by atoms with E-state index in [1.165, 1.54) is 0 Å². The molecule has 0 unspecified atom stereocenters. The molecule has 0 aliphatic heterocycles. The summed E-state index contributed by atoms with van der Waals surface area (Å²) in [4.78, 5) is 0. The number of thiol groups is 1. The van der Waals surface area contributed by atoms with Crippen molar-refractivity contribution < 1.29 is 20.3 Å². The molecule has 0 saturated carbocycles. The predicted molar refractivity (Wildman–Crippen MR) is 32.7 cm³/mol. The van der Waals surface area contributed by atoms with Crippen LogP contribution in [0.2, 0.25) is 0 Å². The Balaban J connectivity index is 0. The van der Waals surface area contributed by atoms with Crippen LogP contribution < -0.4 is 18.9 Å². The quantitative estimate of drug-likeness (QED) is 0.338. The maximum absolute atomic E-state index is 4.05. The average Bonchev–Trinajstić information content (AvgIpc) is 1.86. The van der Waals surface area contributed by atoms with Gasteiger partial charge in [0.15, 0.2) is 0 Å². The number of hydrogen-bond donors (Lipinski definition) is 1. The molecule has 0 aromatic carbocycles. The molecule has 0 amide bonds. The first-order chi connectivity index (χ1) is 2.89. The number of thiophene rings is 1. The van der Waals surface area contributed by atoms with Gasteiger partial charge >= 0.3 is 18.9 Å². The van der Waals surface area contributed by atoms with Crippen LogP contribution in [0.3, 0.4) is 0 Å². The van der Waals surface area contributed by atoms with Crippen molar-refractivity contribution in [1.29, 1.82) is 0 Å². The van der Waals surface area contributed by atoms with E-state index in [0.717, 1.165) is 4.21 Å². The van der Waals surface area contributed by atoms with Crippen LogP contribution >= 0.6 is 24.0 Å². The van der Waals surface area contributed by atoms with Crippen LogP contribution in [-0.2, 0) is 0 Å². The number of rotatable bonds is 0. The monoisotopic (exact) mass is 124 g/mol. The van der Waals surface area contributed by atoms with Crippen molar-refractivity contribution >= 4 is 24.0 Å². The third-order valence-electron chi connectivity index (χ3n) is 0.506. The van der Waals surface area contributed by atoms with E-state index in [2.05, 4.69) is 12.6 Å². The smallest absolute Gasteiger partial charge is 1.00 e. The van der Waals surface area contributed by atoms with E-state index in [9.17, 15) is 0 Å². The van der Waals surface area contributed by atoms with E-state index in [4.69, 9.17) is 0 Å². The maximum atomic E-state index is 4.05. The Morgan fingerprint density at radius 3 is 2.57 bits per heavy atom. The summed E-state index contributed by atoms with van der Waals surface area (Å²) in [6.07, 6.45) is 0. The zero-order valence-corrected chi connectivity index (χ0v) is 5.80. The first-order valence-electron chi connectivity index (χ1n) is 1.62. The summed E-state index contributed by atoms with van der Waals surface area (Å²) in [5.74, 6) is 0. The number of hydrogen-bond acceptors (Lipinski definition) is 2. The molecule has 0 spiro atoms. The van der Waals surface area contributed by atoms with E-state index in [-0.39, 0.29) is 20.3 Å². The summed E-state index contributed by atoms with van der Waals surface area (Å²) < 4.78 is 1.08. The van der Waals surface area contributed by atoms with Crippen LogP contribution in [0.25, 0.3) is 0 Å². The van der Waals surface area contributed by atoms with Crippen molar-refractivity contribution in [1.82, 2.24) is 0 Å². The van der Waals surface area contributed by atoms with Crippen LogP contribution in [0.5, 0.6) is 0 Å². The third kappa shape index (κ3) is 2.45. The van der Waals surface area contributed by atoms with Gasteiger partial charge in [0.05, 0.1) is 4.21 Å². The van der Waals surface area contributed by atoms with Crippen LogP contribution in [-0.4, -0.2) is 0 Å². The standard InChI is InChI=1S/C4H4S2.Li.H/c5-4-2-1-3-6-4;;/h1-3,5H;;/q;+1;-1. The van der Waals surface area contributed by atoms with Gasteiger partial charge in [-0.05, 0) is 11.4 Å². The molecule has 0 N–H and O–H groups in total. The molecule has 7 heavy (non-hydrogen) atoms. The first kappa shape index (κ1) is 7.65. The van der Waals surface area contributed by atoms with Crippen LogP contribution in [0.4, 0.5) is 0 Å². The largest absolute Gasteiger partial charge is 1.00 e. The van der Waals surface area contributed by atoms with E-state index in [0.29, 0.717) is 0 Å². The molecular formula is C4H5LiS2. The summed E-state index contributed by atoms with van der Waals surface area (Å²) in [5.41, 5.74) is 0. The van der Waals surface area contributed by atoms with Crippen molar-refractivity contribution in [3.8, 4) is 0 Å². The molecule has 0 saturated heterocycles. The zero-order chi connectivity index (χ0) is 4.41. The first-order valence-corrected chi connectivity index (χ1v) is 2.95. The topological polar surface area (TPSA) is 0 Å².